The van der Waals surface area contributed by atoms with E-state index < -0.39 is 0 Å². The van der Waals surface area contributed by atoms with Crippen molar-refractivity contribution < 1.29 is 33.3 Å². The largest absolute Gasteiger partial charge is 0.496 e. The van der Waals surface area contributed by atoms with Crippen molar-refractivity contribution in [2.24, 2.45) is 5.16 Å². The number of carbonyl (C=O) groups excluding carboxylic acids is 1. The summed E-state index contributed by atoms with van der Waals surface area (Å²) in [6, 6.07) is 8.92. The second-order valence-electron chi connectivity index (χ2n) is 6.31. The maximum atomic E-state index is 12.1. The van der Waals surface area contributed by atoms with E-state index >= 15 is 0 Å². The van der Waals surface area contributed by atoms with Crippen LogP contribution in [0.25, 0.3) is 0 Å². The smallest absolute Gasteiger partial charge is 0.261 e. The molecule has 9 nitrogen and oxygen atoms in total. The van der Waals surface area contributed by atoms with Gasteiger partial charge in [-0.05, 0) is 31.2 Å². The molecule has 0 aliphatic carbocycles. The molecule has 160 valence electrons. The van der Waals surface area contributed by atoms with Crippen molar-refractivity contribution in [2.75, 3.05) is 34.7 Å². The molecule has 0 atom stereocenters. The average molecular weight is 416 g/mol. The first-order valence-corrected chi connectivity index (χ1v) is 9.18. The number of nitrogens with one attached hydrogen (secondary N) is 1. The van der Waals surface area contributed by atoms with Crippen LogP contribution in [0.5, 0.6) is 28.7 Å². The summed E-state index contributed by atoms with van der Waals surface area (Å²) in [5.74, 6) is 2.68. The summed E-state index contributed by atoms with van der Waals surface area (Å²) < 4.78 is 26.5. The predicted molar refractivity (Wildman–Crippen MR) is 109 cm³/mol. The summed E-state index contributed by atoms with van der Waals surface area (Å²) in [5, 5.41) is 6.76. The minimum Gasteiger partial charge on any atom is -0.496 e. The summed E-state index contributed by atoms with van der Waals surface area (Å²) in [6.07, 6.45) is 0. The monoisotopic (exact) mass is 416 g/mol. The van der Waals surface area contributed by atoms with Crippen LogP contribution < -0.4 is 29.0 Å². The van der Waals surface area contributed by atoms with Crippen LogP contribution in [-0.2, 0) is 16.2 Å². The lowest BCUT2D eigenvalue weighted by Crippen LogP contribution is -2.26. The zero-order valence-corrected chi connectivity index (χ0v) is 17.3. The van der Waals surface area contributed by atoms with Crippen LogP contribution in [0.4, 0.5) is 0 Å². The molecule has 1 amide bonds. The van der Waals surface area contributed by atoms with Gasteiger partial charge in [-0.2, -0.15) is 0 Å². The highest BCUT2D eigenvalue weighted by Gasteiger charge is 2.15. The molecule has 0 aromatic heterocycles. The molecule has 1 aliphatic rings. The van der Waals surface area contributed by atoms with Gasteiger partial charge in [0.25, 0.3) is 5.91 Å². The molecule has 0 saturated carbocycles. The van der Waals surface area contributed by atoms with E-state index in [-0.39, 0.29) is 25.9 Å². The molecular weight excluding hydrogens is 392 g/mol. The Bertz CT molecular complexity index is 943. The minimum absolute atomic E-state index is 0.205. The van der Waals surface area contributed by atoms with Gasteiger partial charge in [-0.25, -0.2) is 0 Å². The van der Waals surface area contributed by atoms with Crippen molar-refractivity contribution in [3.63, 3.8) is 0 Å². The van der Waals surface area contributed by atoms with Crippen LogP contribution in [0.1, 0.15) is 18.1 Å². The van der Waals surface area contributed by atoms with Crippen molar-refractivity contribution in [2.45, 2.75) is 13.5 Å². The number of carbonyl (C=O) groups is 1. The summed E-state index contributed by atoms with van der Waals surface area (Å²) >= 11 is 0. The third kappa shape index (κ3) is 4.86. The maximum absolute atomic E-state index is 12.1. The second kappa shape index (κ2) is 9.73. The van der Waals surface area contributed by atoms with Crippen molar-refractivity contribution in [1.29, 1.82) is 0 Å². The highest BCUT2D eigenvalue weighted by molar-refractivity contribution is 5.99. The molecule has 9 heteroatoms. The lowest BCUT2D eigenvalue weighted by atomic mass is 10.1. The normalized spacial score (nSPS) is 12.3. The van der Waals surface area contributed by atoms with E-state index in [9.17, 15) is 4.79 Å². The van der Waals surface area contributed by atoms with Crippen molar-refractivity contribution in [3.8, 4) is 28.7 Å². The molecule has 0 unspecified atom stereocenters. The molecular formula is C21H24N2O7. The van der Waals surface area contributed by atoms with Gasteiger partial charge in [0, 0.05) is 23.7 Å². The number of fused-ring (bicyclic) bond motifs is 1. The quantitative estimate of drug-likeness (QED) is 0.496. The van der Waals surface area contributed by atoms with E-state index in [0.29, 0.717) is 34.5 Å². The topological polar surface area (TPSA) is 96.8 Å². The van der Waals surface area contributed by atoms with Crippen molar-refractivity contribution >= 4 is 11.6 Å². The first kappa shape index (κ1) is 21.1. The van der Waals surface area contributed by atoms with E-state index in [1.807, 2.05) is 12.1 Å². The van der Waals surface area contributed by atoms with Crippen LogP contribution in [0.15, 0.2) is 35.5 Å². The zero-order chi connectivity index (χ0) is 21.5. The molecule has 2 aromatic carbocycles. The minimum atomic E-state index is -0.325. The van der Waals surface area contributed by atoms with Gasteiger partial charge in [-0.3, -0.25) is 4.79 Å². The number of nitrogens with zero attached hydrogens (tertiary/aromatic N) is 1. The number of hydrogen-bond donors (Lipinski definition) is 1. The summed E-state index contributed by atoms with van der Waals surface area (Å²) in [7, 11) is 4.63. The van der Waals surface area contributed by atoms with Gasteiger partial charge in [0.2, 0.25) is 6.79 Å². The third-order valence-electron chi connectivity index (χ3n) is 4.45. The fourth-order valence-electron chi connectivity index (χ4n) is 2.84. The van der Waals surface area contributed by atoms with Crippen LogP contribution >= 0.6 is 0 Å². The third-order valence-corrected chi connectivity index (χ3v) is 4.45. The van der Waals surface area contributed by atoms with Gasteiger partial charge in [0.05, 0.1) is 27.0 Å². The maximum Gasteiger partial charge on any atom is 0.261 e. The summed E-state index contributed by atoms with van der Waals surface area (Å²) in [4.78, 5) is 17.3. The van der Waals surface area contributed by atoms with E-state index in [1.54, 1.807) is 46.5 Å². The molecule has 3 rings (SSSR count). The summed E-state index contributed by atoms with van der Waals surface area (Å²) in [6.45, 7) is 1.99. The molecule has 0 saturated heterocycles. The van der Waals surface area contributed by atoms with E-state index in [2.05, 4.69) is 10.5 Å². The average Bonchev–Trinajstić information content (AvgIpc) is 3.24. The highest BCUT2D eigenvalue weighted by Crippen LogP contribution is 2.34. The van der Waals surface area contributed by atoms with E-state index in [4.69, 9.17) is 28.5 Å². The molecule has 1 heterocycles. The first-order chi connectivity index (χ1) is 14.5. The van der Waals surface area contributed by atoms with Crippen molar-refractivity contribution in [1.82, 2.24) is 5.32 Å². The van der Waals surface area contributed by atoms with Gasteiger partial charge in [-0.1, -0.05) is 5.16 Å². The summed E-state index contributed by atoms with van der Waals surface area (Å²) in [5.41, 5.74) is 2.17. The molecule has 0 radical (unpaired) electrons. The van der Waals surface area contributed by atoms with Crippen LogP contribution in [0, 0.1) is 0 Å². The molecule has 0 fully saturated rings. The van der Waals surface area contributed by atoms with Crippen LogP contribution in [0.3, 0.4) is 0 Å². The Morgan fingerprint density at radius 2 is 1.70 bits per heavy atom. The number of ether oxygens (including phenoxy) is 5. The number of rotatable bonds is 9. The molecule has 0 bridgehead atoms. The molecule has 1 aliphatic heterocycles. The number of methoxy groups -OCH3 is 3. The van der Waals surface area contributed by atoms with Crippen LogP contribution in [0.2, 0.25) is 0 Å². The fourth-order valence-corrected chi connectivity index (χ4v) is 2.84. The number of benzene rings is 2. The molecule has 0 spiro atoms. The zero-order valence-electron chi connectivity index (χ0n) is 17.3. The van der Waals surface area contributed by atoms with E-state index in [0.717, 1.165) is 11.1 Å². The standard InChI is InChI=1S/C21H24N2O7/c1-13(14-5-6-16-20(7-14)29-12-28-16)23-30-11-21(24)22-10-15-8-18(26-3)19(27-4)9-17(15)25-2/h5-9H,10-12H2,1-4H3,(H,22,24)/b23-13-. The van der Waals surface area contributed by atoms with Crippen LogP contribution in [-0.4, -0.2) is 46.3 Å². The fraction of sp³-hybridized carbons (Fsp3) is 0.333. The lowest BCUT2D eigenvalue weighted by Gasteiger charge is -2.14. The SMILES string of the molecule is COc1cc(OC)c(OC)cc1CNC(=O)CO/N=C(/C)c1ccc2c(c1)OCO2. The van der Waals surface area contributed by atoms with E-state index in [1.165, 1.54) is 0 Å². The second-order valence-corrected chi connectivity index (χ2v) is 6.31. The number of amides is 1. The van der Waals surface area contributed by atoms with Gasteiger partial charge in [-0.15, -0.1) is 0 Å². The van der Waals surface area contributed by atoms with Gasteiger partial charge < -0.3 is 33.8 Å². The Morgan fingerprint density at radius 1 is 1.00 bits per heavy atom. The Kier molecular flexibility index (Phi) is 6.84. The molecule has 1 N–H and O–H groups in total. The number of hydrogen-bond acceptors (Lipinski definition) is 8. The van der Waals surface area contributed by atoms with Gasteiger partial charge in [0.15, 0.2) is 29.6 Å². The Balaban J connectivity index is 1.54. The first-order valence-electron chi connectivity index (χ1n) is 9.18. The Hall–Kier alpha value is -3.62. The van der Waals surface area contributed by atoms with Gasteiger partial charge >= 0.3 is 0 Å². The number of oxime groups is 1. The molecule has 30 heavy (non-hydrogen) atoms. The Morgan fingerprint density at radius 3 is 2.43 bits per heavy atom. The van der Waals surface area contributed by atoms with Crippen molar-refractivity contribution in [3.05, 3.63) is 41.5 Å². The lowest BCUT2D eigenvalue weighted by molar-refractivity contribution is -0.125. The highest BCUT2D eigenvalue weighted by atomic mass is 16.7. The Labute approximate surface area is 174 Å². The molecule has 2 aromatic rings. The predicted octanol–water partition coefficient (Wildman–Crippen LogP) is 2.50. The van der Waals surface area contributed by atoms with Gasteiger partial charge in [0.1, 0.15) is 5.75 Å².